The van der Waals surface area contributed by atoms with Gasteiger partial charge in [0.15, 0.2) is 6.61 Å². The number of hydrogen-bond donors (Lipinski definition) is 2. The lowest BCUT2D eigenvalue weighted by molar-refractivity contribution is -0.115. The van der Waals surface area contributed by atoms with Crippen LogP contribution in [-0.2, 0) is 4.79 Å². The van der Waals surface area contributed by atoms with Crippen molar-refractivity contribution in [2.75, 3.05) is 11.9 Å². The predicted molar refractivity (Wildman–Crippen MR) is 107 cm³/mol. The summed E-state index contributed by atoms with van der Waals surface area (Å²) in [6.07, 6.45) is 2.64. The highest BCUT2D eigenvalue weighted by molar-refractivity contribution is 5.96. The van der Waals surface area contributed by atoms with Gasteiger partial charge in [0.2, 0.25) is 11.8 Å². The maximum atomic E-state index is 12.6. The molecule has 0 radical (unpaired) electrons. The molecule has 1 aliphatic carbocycles. The van der Waals surface area contributed by atoms with E-state index < -0.39 is 13.0 Å². The average molecular weight is 418 g/mol. The van der Waals surface area contributed by atoms with E-state index >= 15 is 0 Å². The third-order valence-electron chi connectivity index (χ3n) is 4.72. The van der Waals surface area contributed by atoms with Gasteiger partial charge < -0.3 is 15.4 Å². The molecule has 2 aromatic rings. The summed E-state index contributed by atoms with van der Waals surface area (Å²) in [5.41, 5.74) is 1.90. The van der Waals surface area contributed by atoms with Crippen molar-refractivity contribution in [2.45, 2.75) is 51.5 Å². The van der Waals surface area contributed by atoms with Crippen LogP contribution in [0, 0.1) is 0 Å². The first-order valence-electron chi connectivity index (χ1n) is 9.85. The first kappa shape index (κ1) is 21.6. The van der Waals surface area contributed by atoms with E-state index in [0.29, 0.717) is 17.8 Å². The van der Waals surface area contributed by atoms with Crippen LogP contribution in [0.3, 0.4) is 0 Å². The van der Waals surface area contributed by atoms with Crippen LogP contribution in [0.1, 0.15) is 66.6 Å². The van der Waals surface area contributed by atoms with Crippen LogP contribution in [0.2, 0.25) is 0 Å². The van der Waals surface area contributed by atoms with Gasteiger partial charge in [0.25, 0.3) is 12.3 Å². The number of pyridine rings is 2. The summed E-state index contributed by atoms with van der Waals surface area (Å²) in [5, 5.41) is 5.50. The zero-order valence-electron chi connectivity index (χ0n) is 16.8. The zero-order chi connectivity index (χ0) is 21.7. The van der Waals surface area contributed by atoms with Gasteiger partial charge in [0, 0.05) is 29.9 Å². The van der Waals surface area contributed by atoms with Gasteiger partial charge in [0.05, 0.1) is 6.04 Å². The number of hydrogen-bond acceptors (Lipinski definition) is 5. The topological polar surface area (TPSA) is 93.2 Å². The number of amides is 2. The molecule has 1 atom stereocenters. The summed E-state index contributed by atoms with van der Waals surface area (Å²) in [5.74, 6) is 0.257. The van der Waals surface area contributed by atoms with Crippen LogP contribution in [0.5, 0.6) is 5.88 Å². The van der Waals surface area contributed by atoms with Gasteiger partial charge in [-0.3, -0.25) is 9.59 Å². The first-order chi connectivity index (χ1) is 14.4. The third kappa shape index (κ3) is 5.71. The Hall–Kier alpha value is -3.10. The van der Waals surface area contributed by atoms with Crippen molar-refractivity contribution < 1.29 is 23.1 Å². The minimum atomic E-state index is -2.57. The van der Waals surface area contributed by atoms with Crippen molar-refractivity contribution in [1.29, 1.82) is 0 Å². The molecule has 0 aromatic carbocycles. The van der Waals surface area contributed by atoms with Crippen molar-refractivity contribution in [3.63, 3.8) is 0 Å². The van der Waals surface area contributed by atoms with Crippen LogP contribution in [-0.4, -0.2) is 34.8 Å². The lowest BCUT2D eigenvalue weighted by Gasteiger charge is -2.17. The fourth-order valence-electron chi connectivity index (χ4n) is 2.91. The molecule has 0 aliphatic heterocycles. The number of rotatable bonds is 9. The molecule has 2 aromatic heterocycles. The number of carbonyl (C=O) groups is 2. The van der Waals surface area contributed by atoms with Gasteiger partial charge in [-0.05, 0) is 49.4 Å². The summed E-state index contributed by atoms with van der Waals surface area (Å²) in [6.45, 7) is 2.84. The van der Waals surface area contributed by atoms with Crippen molar-refractivity contribution in [1.82, 2.24) is 15.3 Å². The predicted octanol–water partition coefficient (Wildman–Crippen LogP) is 3.84. The third-order valence-corrected chi connectivity index (χ3v) is 4.72. The number of nitrogens with zero attached hydrogens (tertiary/aromatic N) is 2. The van der Waals surface area contributed by atoms with Crippen molar-refractivity contribution in [3.05, 3.63) is 47.3 Å². The SMILES string of the molecule is CCC(=O)Nc1cc(C(=O)NC(C)c2cnc(OCC(F)F)c(C3CC3)c2)ccn1. The number of nitrogens with one attached hydrogen (secondary N) is 2. The highest BCUT2D eigenvalue weighted by Gasteiger charge is 2.29. The largest absolute Gasteiger partial charge is 0.471 e. The Morgan fingerprint density at radius 3 is 2.70 bits per heavy atom. The Morgan fingerprint density at radius 2 is 2.03 bits per heavy atom. The molecule has 9 heteroatoms. The second-order valence-corrected chi connectivity index (χ2v) is 7.17. The maximum Gasteiger partial charge on any atom is 0.272 e. The van der Waals surface area contributed by atoms with E-state index in [2.05, 4.69) is 20.6 Å². The van der Waals surface area contributed by atoms with Gasteiger partial charge >= 0.3 is 0 Å². The van der Waals surface area contributed by atoms with Crippen molar-refractivity contribution in [3.8, 4) is 5.88 Å². The molecule has 2 amide bonds. The molecule has 2 heterocycles. The van der Waals surface area contributed by atoms with E-state index in [4.69, 9.17) is 4.74 Å². The second-order valence-electron chi connectivity index (χ2n) is 7.17. The van der Waals surface area contributed by atoms with Crippen LogP contribution >= 0.6 is 0 Å². The normalized spacial score (nSPS) is 14.3. The highest BCUT2D eigenvalue weighted by Crippen LogP contribution is 2.44. The zero-order valence-corrected chi connectivity index (χ0v) is 16.8. The Balaban J connectivity index is 1.70. The van der Waals surface area contributed by atoms with Crippen LogP contribution in [0.15, 0.2) is 30.6 Å². The summed E-state index contributed by atoms with van der Waals surface area (Å²) < 4.78 is 30.1. The summed E-state index contributed by atoms with van der Waals surface area (Å²) in [7, 11) is 0. The number of alkyl halides is 2. The molecule has 1 fully saturated rings. The van der Waals surface area contributed by atoms with E-state index in [-0.39, 0.29) is 29.7 Å². The molecule has 1 unspecified atom stereocenters. The number of anilines is 1. The Labute approximate surface area is 173 Å². The Kier molecular flexibility index (Phi) is 6.91. The summed E-state index contributed by atoms with van der Waals surface area (Å²) in [4.78, 5) is 32.4. The molecular formula is C21H24F2N4O3. The molecule has 1 aliphatic rings. The van der Waals surface area contributed by atoms with Gasteiger partial charge in [-0.1, -0.05) is 6.92 Å². The fraction of sp³-hybridized carbons (Fsp3) is 0.429. The van der Waals surface area contributed by atoms with E-state index in [9.17, 15) is 18.4 Å². The molecule has 0 saturated heterocycles. The van der Waals surface area contributed by atoms with E-state index in [1.54, 1.807) is 13.0 Å². The van der Waals surface area contributed by atoms with Crippen LogP contribution in [0.4, 0.5) is 14.6 Å². The van der Waals surface area contributed by atoms with Gasteiger partial charge in [-0.25, -0.2) is 18.7 Å². The molecule has 0 bridgehead atoms. The lowest BCUT2D eigenvalue weighted by Crippen LogP contribution is -2.27. The first-order valence-corrected chi connectivity index (χ1v) is 9.85. The molecule has 3 rings (SSSR count). The maximum absolute atomic E-state index is 12.6. The molecule has 7 nitrogen and oxygen atoms in total. The molecule has 30 heavy (non-hydrogen) atoms. The second kappa shape index (κ2) is 9.60. The minimum absolute atomic E-state index is 0.193. The number of carbonyl (C=O) groups excluding carboxylic acids is 2. The van der Waals surface area contributed by atoms with Crippen LogP contribution in [0.25, 0.3) is 0 Å². The number of ether oxygens (including phenoxy) is 1. The monoisotopic (exact) mass is 418 g/mol. The molecule has 1 saturated carbocycles. The van der Waals surface area contributed by atoms with Crippen LogP contribution < -0.4 is 15.4 Å². The summed E-state index contributed by atoms with van der Waals surface area (Å²) in [6, 6.07) is 4.55. The van der Waals surface area contributed by atoms with Gasteiger partial charge in [-0.2, -0.15) is 0 Å². The molecule has 0 spiro atoms. The molecule has 160 valence electrons. The van der Waals surface area contributed by atoms with E-state index in [1.165, 1.54) is 18.5 Å². The Bertz CT molecular complexity index is 919. The molecule has 2 N–H and O–H groups in total. The van der Waals surface area contributed by atoms with Gasteiger partial charge in [-0.15, -0.1) is 0 Å². The van der Waals surface area contributed by atoms with E-state index in [1.807, 2.05) is 13.0 Å². The standard InChI is InChI=1S/C21H24F2N4O3/c1-3-19(28)27-18-9-14(6-7-24-18)20(29)26-12(2)15-8-16(13-4-5-13)21(25-10-15)30-11-17(22)23/h6-10,12-13,17H,3-5,11H2,1-2H3,(H,26,29)(H,24,27,28). The fourth-order valence-corrected chi connectivity index (χ4v) is 2.91. The Morgan fingerprint density at radius 1 is 1.27 bits per heavy atom. The quantitative estimate of drug-likeness (QED) is 0.646. The number of halogens is 2. The average Bonchev–Trinajstić information content (AvgIpc) is 3.57. The number of aromatic nitrogens is 2. The lowest BCUT2D eigenvalue weighted by atomic mass is 10.1. The van der Waals surface area contributed by atoms with Gasteiger partial charge in [0.1, 0.15) is 5.82 Å². The smallest absolute Gasteiger partial charge is 0.272 e. The molecular weight excluding hydrogens is 394 g/mol. The van der Waals surface area contributed by atoms with Crippen molar-refractivity contribution >= 4 is 17.6 Å². The summed E-state index contributed by atoms with van der Waals surface area (Å²) >= 11 is 0. The van der Waals surface area contributed by atoms with Crippen molar-refractivity contribution in [2.24, 2.45) is 0 Å². The van der Waals surface area contributed by atoms with E-state index in [0.717, 1.165) is 24.0 Å². The highest BCUT2D eigenvalue weighted by atomic mass is 19.3. The minimum Gasteiger partial charge on any atom is -0.471 e.